The highest BCUT2D eigenvalue weighted by Gasteiger charge is 2.33. The first-order chi connectivity index (χ1) is 14.5. The molecule has 158 valence electrons. The molecular weight excluding hydrogens is 446 g/mol. The van der Waals surface area contributed by atoms with E-state index in [2.05, 4.69) is 21.2 Å². The molecule has 2 aliphatic rings. The number of benzene rings is 2. The normalized spacial score (nSPS) is 19.1. The summed E-state index contributed by atoms with van der Waals surface area (Å²) in [7, 11) is 0. The maximum absolute atomic E-state index is 13.2. The predicted molar refractivity (Wildman–Crippen MR) is 120 cm³/mol. The average Bonchev–Trinajstić information content (AvgIpc) is 2.77. The van der Waals surface area contributed by atoms with Crippen LogP contribution in [0, 0.1) is 5.92 Å². The summed E-state index contributed by atoms with van der Waals surface area (Å²) in [5.74, 6) is 0.738. The first kappa shape index (κ1) is 20.7. The average molecular weight is 472 g/mol. The van der Waals surface area contributed by atoms with Gasteiger partial charge in [-0.2, -0.15) is 0 Å². The number of fused-ring (bicyclic) bond motifs is 1. The molecule has 1 atom stereocenters. The van der Waals surface area contributed by atoms with E-state index in [-0.39, 0.29) is 24.0 Å². The lowest BCUT2D eigenvalue weighted by Gasteiger charge is -2.39. The summed E-state index contributed by atoms with van der Waals surface area (Å²) in [5.41, 5.74) is 1.87. The van der Waals surface area contributed by atoms with Gasteiger partial charge < -0.3 is 15.0 Å². The Morgan fingerprint density at radius 2 is 1.80 bits per heavy atom. The van der Waals surface area contributed by atoms with Crippen molar-refractivity contribution in [1.29, 1.82) is 0 Å². The molecule has 1 N–H and O–H groups in total. The van der Waals surface area contributed by atoms with Crippen molar-refractivity contribution in [2.45, 2.75) is 32.4 Å². The largest absolute Gasteiger partial charge is 0.487 e. The van der Waals surface area contributed by atoms with Crippen LogP contribution in [-0.4, -0.2) is 42.6 Å². The lowest BCUT2D eigenvalue weighted by Crippen LogP contribution is -2.52. The number of likely N-dealkylation sites (tertiary alicyclic amines) is 1. The maximum atomic E-state index is 13.2. The highest BCUT2D eigenvalue weighted by atomic mass is 79.9. The molecule has 1 fully saturated rings. The van der Waals surface area contributed by atoms with Crippen LogP contribution in [0.25, 0.3) is 0 Å². The fraction of sp³-hybridized carbons (Fsp3) is 0.391. The molecule has 2 heterocycles. The topological polar surface area (TPSA) is 61.9 Å². The van der Waals surface area contributed by atoms with E-state index in [9.17, 15) is 9.59 Å². The van der Waals surface area contributed by atoms with E-state index < -0.39 is 0 Å². The standard InChI is InChI=1S/C23H26BrN3O3/c1-16-15-27(20-8-4-5-9-21(20)30-16)23(29)26-12-10-17(11-13-26)22(28)25-14-18-6-2-3-7-19(18)24/h2-9,16-17H,10-15H2,1H3,(H,25,28). The highest BCUT2D eigenvalue weighted by Crippen LogP contribution is 2.34. The smallest absolute Gasteiger partial charge is 0.324 e. The third-order valence-corrected chi connectivity index (χ3v) is 6.48. The van der Waals surface area contributed by atoms with Crippen molar-refractivity contribution in [3.8, 4) is 5.75 Å². The van der Waals surface area contributed by atoms with Gasteiger partial charge in [-0.05, 0) is 43.5 Å². The highest BCUT2D eigenvalue weighted by molar-refractivity contribution is 9.10. The van der Waals surface area contributed by atoms with Crippen molar-refractivity contribution < 1.29 is 14.3 Å². The van der Waals surface area contributed by atoms with Crippen LogP contribution in [0.4, 0.5) is 10.5 Å². The molecule has 0 aliphatic carbocycles. The van der Waals surface area contributed by atoms with Crippen molar-refractivity contribution in [3.63, 3.8) is 0 Å². The Hall–Kier alpha value is -2.54. The number of amides is 3. The van der Waals surface area contributed by atoms with Gasteiger partial charge in [0.15, 0.2) is 0 Å². The number of rotatable bonds is 3. The predicted octanol–water partition coefficient (Wildman–Crippen LogP) is 4.18. The van der Waals surface area contributed by atoms with E-state index in [4.69, 9.17) is 4.74 Å². The Morgan fingerprint density at radius 3 is 2.57 bits per heavy atom. The number of halogens is 1. The molecule has 0 saturated carbocycles. The van der Waals surface area contributed by atoms with Crippen LogP contribution in [0.3, 0.4) is 0 Å². The van der Waals surface area contributed by atoms with Crippen LogP contribution in [0.2, 0.25) is 0 Å². The van der Waals surface area contributed by atoms with Gasteiger partial charge in [0.05, 0.1) is 12.2 Å². The molecule has 2 aromatic carbocycles. The van der Waals surface area contributed by atoms with E-state index in [1.807, 2.05) is 60.4 Å². The number of hydrogen-bond acceptors (Lipinski definition) is 3. The zero-order valence-electron chi connectivity index (χ0n) is 17.0. The van der Waals surface area contributed by atoms with Gasteiger partial charge in [-0.15, -0.1) is 0 Å². The Balaban J connectivity index is 1.33. The van der Waals surface area contributed by atoms with Crippen LogP contribution < -0.4 is 15.0 Å². The quantitative estimate of drug-likeness (QED) is 0.729. The zero-order valence-corrected chi connectivity index (χ0v) is 18.6. The SMILES string of the molecule is CC1CN(C(=O)N2CCC(C(=O)NCc3ccccc3Br)CC2)c2ccccc2O1. The molecule has 2 aliphatic heterocycles. The molecule has 4 rings (SSSR count). The summed E-state index contributed by atoms with van der Waals surface area (Å²) in [4.78, 5) is 29.4. The second-order valence-corrected chi connectivity index (χ2v) is 8.71. The number of ether oxygens (including phenoxy) is 1. The summed E-state index contributed by atoms with van der Waals surface area (Å²) >= 11 is 3.51. The molecule has 30 heavy (non-hydrogen) atoms. The van der Waals surface area contributed by atoms with Crippen molar-refractivity contribution in [1.82, 2.24) is 10.2 Å². The van der Waals surface area contributed by atoms with Crippen LogP contribution in [0.5, 0.6) is 5.75 Å². The molecule has 6 nitrogen and oxygen atoms in total. The number of piperidine rings is 1. The zero-order chi connectivity index (χ0) is 21.1. The fourth-order valence-electron chi connectivity index (χ4n) is 4.04. The van der Waals surface area contributed by atoms with Crippen LogP contribution in [0.1, 0.15) is 25.3 Å². The fourth-order valence-corrected chi connectivity index (χ4v) is 4.47. The van der Waals surface area contributed by atoms with Crippen LogP contribution in [0.15, 0.2) is 53.0 Å². The van der Waals surface area contributed by atoms with E-state index in [1.165, 1.54) is 0 Å². The van der Waals surface area contributed by atoms with Gasteiger partial charge in [0.1, 0.15) is 11.9 Å². The Labute approximate surface area is 185 Å². The minimum absolute atomic E-state index is 0.00956. The van der Waals surface area contributed by atoms with Gasteiger partial charge in [-0.1, -0.05) is 46.3 Å². The summed E-state index contributed by atoms with van der Waals surface area (Å²) < 4.78 is 6.84. The molecule has 2 aromatic rings. The molecule has 1 saturated heterocycles. The number of carbonyl (C=O) groups is 2. The van der Waals surface area contributed by atoms with Crippen molar-refractivity contribution in [3.05, 3.63) is 58.6 Å². The summed E-state index contributed by atoms with van der Waals surface area (Å²) in [6, 6.07) is 15.5. The first-order valence-electron chi connectivity index (χ1n) is 10.4. The van der Waals surface area contributed by atoms with Gasteiger partial charge in [0, 0.05) is 30.0 Å². The Bertz CT molecular complexity index is 927. The number of urea groups is 1. The molecule has 7 heteroatoms. The van der Waals surface area contributed by atoms with E-state index >= 15 is 0 Å². The first-order valence-corrected chi connectivity index (χ1v) is 11.2. The maximum Gasteiger partial charge on any atom is 0.324 e. The third kappa shape index (κ3) is 4.46. The lowest BCUT2D eigenvalue weighted by molar-refractivity contribution is -0.126. The number of anilines is 1. The monoisotopic (exact) mass is 471 g/mol. The molecule has 0 spiro atoms. The number of nitrogens with zero attached hydrogens (tertiary/aromatic N) is 2. The molecule has 0 aromatic heterocycles. The van der Waals surface area contributed by atoms with Crippen LogP contribution in [-0.2, 0) is 11.3 Å². The Morgan fingerprint density at radius 1 is 1.10 bits per heavy atom. The number of carbonyl (C=O) groups excluding carboxylic acids is 2. The summed E-state index contributed by atoms with van der Waals surface area (Å²) in [6.45, 7) is 4.17. The molecule has 0 bridgehead atoms. The molecule has 1 unspecified atom stereocenters. The number of nitrogens with one attached hydrogen (secondary N) is 1. The van der Waals surface area contributed by atoms with E-state index in [0.717, 1.165) is 21.5 Å². The van der Waals surface area contributed by atoms with Gasteiger partial charge in [-0.25, -0.2) is 4.79 Å². The summed E-state index contributed by atoms with van der Waals surface area (Å²) in [6.07, 6.45) is 1.30. The van der Waals surface area contributed by atoms with E-state index in [0.29, 0.717) is 39.0 Å². The van der Waals surface area contributed by atoms with E-state index in [1.54, 1.807) is 4.90 Å². The second-order valence-electron chi connectivity index (χ2n) is 7.86. The number of para-hydroxylation sites is 2. The van der Waals surface area contributed by atoms with Crippen molar-refractivity contribution in [2.75, 3.05) is 24.5 Å². The second kappa shape index (κ2) is 9.08. The minimum atomic E-state index is -0.0626. The molecular formula is C23H26BrN3O3. The van der Waals surface area contributed by atoms with Crippen LogP contribution >= 0.6 is 15.9 Å². The van der Waals surface area contributed by atoms with Crippen molar-refractivity contribution in [2.24, 2.45) is 5.92 Å². The summed E-state index contributed by atoms with van der Waals surface area (Å²) in [5, 5.41) is 3.04. The van der Waals surface area contributed by atoms with Gasteiger partial charge in [0.25, 0.3) is 0 Å². The van der Waals surface area contributed by atoms with Crippen molar-refractivity contribution >= 4 is 33.6 Å². The van der Waals surface area contributed by atoms with Gasteiger partial charge in [0.2, 0.25) is 5.91 Å². The lowest BCUT2D eigenvalue weighted by atomic mass is 9.96. The number of hydrogen-bond donors (Lipinski definition) is 1. The Kier molecular flexibility index (Phi) is 6.27. The molecule has 3 amide bonds. The minimum Gasteiger partial charge on any atom is -0.487 e. The molecule has 0 radical (unpaired) electrons. The van der Waals surface area contributed by atoms with Gasteiger partial charge >= 0.3 is 6.03 Å². The van der Waals surface area contributed by atoms with Gasteiger partial charge in [-0.3, -0.25) is 9.69 Å². The third-order valence-electron chi connectivity index (χ3n) is 5.70.